The minimum absolute atomic E-state index is 0.157. The number of carbonyl (C=O) groups is 1. The van der Waals surface area contributed by atoms with Crippen molar-refractivity contribution in [1.29, 1.82) is 0 Å². The van der Waals surface area contributed by atoms with Crippen LogP contribution in [-0.2, 0) is 0 Å². The van der Waals surface area contributed by atoms with Crippen LogP contribution < -0.4 is 4.80 Å². The van der Waals surface area contributed by atoms with Gasteiger partial charge in [-0.2, -0.15) is 4.99 Å². The number of thiazole rings is 1. The van der Waals surface area contributed by atoms with Crippen LogP contribution in [0.25, 0.3) is 5.69 Å². The maximum absolute atomic E-state index is 12.2. The van der Waals surface area contributed by atoms with E-state index in [9.17, 15) is 4.79 Å². The van der Waals surface area contributed by atoms with Gasteiger partial charge in [0.2, 0.25) is 0 Å². The lowest BCUT2D eigenvalue weighted by Crippen LogP contribution is -2.27. The average molecular weight is 322 g/mol. The van der Waals surface area contributed by atoms with Crippen molar-refractivity contribution < 1.29 is 4.79 Å². The van der Waals surface area contributed by atoms with Crippen LogP contribution in [0.15, 0.2) is 35.5 Å². The Kier molecular flexibility index (Phi) is 4.12. The number of amides is 2. The first kappa shape index (κ1) is 14.4. The molecule has 0 N–H and O–H groups in total. The molecule has 1 aliphatic rings. The van der Waals surface area contributed by atoms with Gasteiger partial charge in [-0.25, -0.2) is 4.79 Å². The maximum Gasteiger partial charge on any atom is 0.346 e. The van der Waals surface area contributed by atoms with Gasteiger partial charge in [0.15, 0.2) is 4.80 Å². The molecule has 110 valence electrons. The lowest BCUT2D eigenvalue weighted by atomic mass is 10.3. The first-order chi connectivity index (χ1) is 10.1. The molecule has 4 nitrogen and oxygen atoms in total. The zero-order valence-electron chi connectivity index (χ0n) is 11.8. The Bertz CT molecular complexity index is 729. The van der Waals surface area contributed by atoms with Gasteiger partial charge >= 0.3 is 6.03 Å². The fourth-order valence-electron chi connectivity index (χ4n) is 2.41. The number of benzene rings is 1. The van der Waals surface area contributed by atoms with Crippen LogP contribution in [0, 0.1) is 6.92 Å². The topological polar surface area (TPSA) is 37.6 Å². The summed E-state index contributed by atoms with van der Waals surface area (Å²) in [7, 11) is 0. The van der Waals surface area contributed by atoms with Gasteiger partial charge in [0.05, 0.1) is 10.7 Å². The van der Waals surface area contributed by atoms with Crippen LogP contribution in [0.5, 0.6) is 0 Å². The van der Waals surface area contributed by atoms with Gasteiger partial charge in [-0.1, -0.05) is 23.7 Å². The molecule has 0 spiro atoms. The molecule has 2 heterocycles. The molecule has 1 fully saturated rings. The second-order valence-corrected chi connectivity index (χ2v) is 6.65. The van der Waals surface area contributed by atoms with Crippen molar-refractivity contribution in [2.24, 2.45) is 4.99 Å². The quantitative estimate of drug-likeness (QED) is 0.790. The standard InChI is InChI=1S/C15H16ClN3OS/c1-11-10-19(13-7-3-2-6-12(13)16)15(21-11)17-14(20)18-8-4-5-9-18/h2-3,6-7,10H,4-5,8-9H2,1H3. The summed E-state index contributed by atoms with van der Waals surface area (Å²) < 4.78 is 1.89. The average Bonchev–Trinajstić information content (AvgIpc) is 3.09. The number of urea groups is 1. The smallest absolute Gasteiger partial charge is 0.323 e. The summed E-state index contributed by atoms with van der Waals surface area (Å²) >= 11 is 7.75. The maximum atomic E-state index is 12.2. The number of para-hydroxylation sites is 1. The highest BCUT2D eigenvalue weighted by Gasteiger charge is 2.17. The summed E-state index contributed by atoms with van der Waals surface area (Å²) in [5, 5.41) is 0.644. The van der Waals surface area contributed by atoms with Crippen LogP contribution in [-0.4, -0.2) is 28.6 Å². The first-order valence-corrected chi connectivity index (χ1v) is 8.12. The molecule has 21 heavy (non-hydrogen) atoms. The molecule has 0 aliphatic carbocycles. The van der Waals surface area contributed by atoms with E-state index in [2.05, 4.69) is 4.99 Å². The molecule has 1 aromatic heterocycles. The van der Waals surface area contributed by atoms with Crippen LogP contribution in [0.1, 0.15) is 17.7 Å². The van der Waals surface area contributed by atoms with Crippen LogP contribution in [0.2, 0.25) is 5.02 Å². The van der Waals surface area contributed by atoms with Gasteiger partial charge in [-0.3, -0.25) is 4.57 Å². The van der Waals surface area contributed by atoms with Crippen molar-refractivity contribution in [2.75, 3.05) is 13.1 Å². The predicted octanol–water partition coefficient (Wildman–Crippen LogP) is 3.62. The van der Waals surface area contributed by atoms with Crippen LogP contribution in [0.3, 0.4) is 0 Å². The summed E-state index contributed by atoms with van der Waals surface area (Å²) in [6.45, 7) is 3.61. The van der Waals surface area contributed by atoms with Gasteiger partial charge in [-0.05, 0) is 31.9 Å². The van der Waals surface area contributed by atoms with Gasteiger partial charge < -0.3 is 4.90 Å². The Morgan fingerprint density at radius 2 is 2.00 bits per heavy atom. The number of hydrogen-bond acceptors (Lipinski definition) is 2. The SMILES string of the molecule is Cc1cn(-c2ccccc2Cl)c(=NC(=O)N2CCCC2)s1. The van der Waals surface area contributed by atoms with Crippen molar-refractivity contribution >= 4 is 29.0 Å². The third-order valence-electron chi connectivity index (χ3n) is 3.45. The summed E-state index contributed by atoms with van der Waals surface area (Å²) in [6, 6.07) is 7.41. The molecule has 1 aliphatic heterocycles. The molecule has 0 radical (unpaired) electrons. The minimum atomic E-state index is -0.157. The molecule has 0 bridgehead atoms. The first-order valence-electron chi connectivity index (χ1n) is 6.93. The summed E-state index contributed by atoms with van der Waals surface area (Å²) in [4.78, 5) is 20.0. The molecule has 1 saturated heterocycles. The number of likely N-dealkylation sites (tertiary alicyclic amines) is 1. The Morgan fingerprint density at radius 1 is 1.29 bits per heavy atom. The molecule has 3 rings (SSSR count). The van der Waals surface area contributed by atoms with E-state index >= 15 is 0 Å². The monoisotopic (exact) mass is 321 g/mol. The fraction of sp³-hybridized carbons (Fsp3) is 0.333. The zero-order chi connectivity index (χ0) is 14.8. The minimum Gasteiger partial charge on any atom is -0.323 e. The summed E-state index contributed by atoms with van der Waals surface area (Å²) in [5.41, 5.74) is 0.844. The van der Waals surface area contributed by atoms with E-state index in [1.54, 1.807) is 4.90 Å². The molecule has 2 amide bonds. The van der Waals surface area contributed by atoms with Gasteiger partial charge in [0, 0.05) is 24.2 Å². The molecule has 0 atom stereocenters. The molecule has 1 aromatic carbocycles. The number of hydrogen-bond donors (Lipinski definition) is 0. The van der Waals surface area contributed by atoms with Crippen molar-refractivity contribution in [3.05, 3.63) is 45.2 Å². The Morgan fingerprint density at radius 3 is 2.71 bits per heavy atom. The second-order valence-electron chi connectivity index (χ2n) is 5.03. The van der Waals surface area contributed by atoms with E-state index in [1.165, 1.54) is 11.3 Å². The van der Waals surface area contributed by atoms with Gasteiger partial charge in [0.25, 0.3) is 0 Å². The Hall–Kier alpha value is -1.59. The van der Waals surface area contributed by atoms with Crippen molar-refractivity contribution in [3.8, 4) is 5.69 Å². The predicted molar refractivity (Wildman–Crippen MR) is 85.2 cm³/mol. The number of aromatic nitrogens is 1. The number of rotatable bonds is 1. The Balaban J connectivity index is 2.04. The third kappa shape index (κ3) is 3.04. The van der Waals surface area contributed by atoms with E-state index in [1.807, 2.05) is 42.0 Å². The van der Waals surface area contributed by atoms with E-state index < -0.39 is 0 Å². The largest absolute Gasteiger partial charge is 0.346 e. The molecule has 2 aromatic rings. The Labute approximate surface area is 132 Å². The lowest BCUT2D eigenvalue weighted by Gasteiger charge is -2.10. The number of halogens is 1. The van der Waals surface area contributed by atoms with Crippen molar-refractivity contribution in [3.63, 3.8) is 0 Å². The second kappa shape index (κ2) is 6.03. The van der Waals surface area contributed by atoms with E-state index in [-0.39, 0.29) is 6.03 Å². The van der Waals surface area contributed by atoms with Crippen LogP contribution in [0.4, 0.5) is 4.79 Å². The van der Waals surface area contributed by atoms with Crippen molar-refractivity contribution in [2.45, 2.75) is 19.8 Å². The summed E-state index contributed by atoms with van der Waals surface area (Å²) in [6.07, 6.45) is 4.09. The zero-order valence-corrected chi connectivity index (χ0v) is 13.3. The van der Waals surface area contributed by atoms with Gasteiger partial charge in [0.1, 0.15) is 0 Å². The third-order valence-corrected chi connectivity index (χ3v) is 4.67. The molecule has 0 saturated carbocycles. The lowest BCUT2D eigenvalue weighted by molar-refractivity contribution is 0.218. The summed E-state index contributed by atoms with van der Waals surface area (Å²) in [5.74, 6) is 0. The molecular weight excluding hydrogens is 306 g/mol. The fourth-order valence-corrected chi connectivity index (χ4v) is 3.46. The van der Waals surface area contributed by atoms with E-state index in [0.717, 1.165) is 36.5 Å². The van der Waals surface area contributed by atoms with E-state index in [0.29, 0.717) is 9.82 Å². The molecule has 0 unspecified atom stereocenters. The number of carbonyl (C=O) groups excluding carboxylic acids is 1. The van der Waals surface area contributed by atoms with Crippen LogP contribution >= 0.6 is 22.9 Å². The number of aryl methyl sites for hydroxylation is 1. The highest BCUT2D eigenvalue weighted by molar-refractivity contribution is 7.09. The normalized spacial score (nSPS) is 15.7. The highest BCUT2D eigenvalue weighted by atomic mass is 35.5. The number of nitrogens with zero attached hydrogens (tertiary/aromatic N) is 3. The van der Waals surface area contributed by atoms with E-state index in [4.69, 9.17) is 11.6 Å². The highest BCUT2D eigenvalue weighted by Crippen LogP contribution is 2.20. The van der Waals surface area contributed by atoms with Crippen molar-refractivity contribution in [1.82, 2.24) is 9.47 Å². The molecular formula is C15H16ClN3OS. The molecule has 6 heteroatoms. The van der Waals surface area contributed by atoms with Gasteiger partial charge in [-0.15, -0.1) is 11.3 Å².